The summed E-state index contributed by atoms with van der Waals surface area (Å²) in [4.78, 5) is 11.7. The predicted molar refractivity (Wildman–Crippen MR) is 64.7 cm³/mol. The summed E-state index contributed by atoms with van der Waals surface area (Å²) in [5.74, 6) is 0.609. The molecule has 1 nitrogen and oxygen atoms in total. The fraction of sp³-hybridized carbons (Fsp3) is 0.643. The largest absolute Gasteiger partial charge is 0.295 e. The second-order valence-corrected chi connectivity index (χ2v) is 5.44. The lowest BCUT2D eigenvalue weighted by atomic mass is 9.66. The van der Waals surface area contributed by atoms with Gasteiger partial charge >= 0.3 is 0 Å². The number of carbonyl (C=O) groups is 1. The number of Topliss-reactive ketones (excluding diaryl/α,β-unsaturated/α-hetero) is 1. The van der Waals surface area contributed by atoms with E-state index in [1.807, 2.05) is 0 Å². The molecule has 1 aliphatic rings. The van der Waals surface area contributed by atoms with Crippen LogP contribution in [0.15, 0.2) is 23.8 Å². The van der Waals surface area contributed by atoms with E-state index in [1.54, 1.807) is 6.92 Å². The Bertz CT molecular complexity index is 307. The van der Waals surface area contributed by atoms with Crippen LogP contribution in [0, 0.1) is 11.3 Å². The van der Waals surface area contributed by atoms with Gasteiger partial charge in [-0.15, -0.1) is 0 Å². The molecule has 1 heteroatoms. The summed E-state index contributed by atoms with van der Waals surface area (Å²) in [6.07, 6.45) is 5.24. The van der Waals surface area contributed by atoms with Crippen molar-refractivity contribution in [2.24, 2.45) is 11.3 Å². The van der Waals surface area contributed by atoms with Crippen LogP contribution in [0.3, 0.4) is 0 Å². The molecular formula is C14H22O. The van der Waals surface area contributed by atoms with Gasteiger partial charge in [0.1, 0.15) is 0 Å². The van der Waals surface area contributed by atoms with Crippen LogP contribution in [-0.2, 0) is 4.79 Å². The first-order valence-electron chi connectivity index (χ1n) is 5.70. The van der Waals surface area contributed by atoms with Crippen LogP contribution in [0.5, 0.6) is 0 Å². The molecule has 1 aliphatic carbocycles. The highest BCUT2D eigenvalue weighted by atomic mass is 16.1. The number of ketones is 1. The molecule has 0 fully saturated rings. The molecule has 0 saturated heterocycles. The quantitative estimate of drug-likeness (QED) is 0.505. The number of carbonyl (C=O) groups excluding carboxylic acids is 1. The van der Waals surface area contributed by atoms with Crippen molar-refractivity contribution in [2.45, 2.75) is 47.0 Å². The lowest BCUT2D eigenvalue weighted by Crippen LogP contribution is -2.30. The third kappa shape index (κ3) is 2.80. The fourth-order valence-corrected chi connectivity index (χ4v) is 2.40. The average molecular weight is 206 g/mol. The van der Waals surface area contributed by atoms with E-state index in [1.165, 1.54) is 12.0 Å². The third-order valence-corrected chi connectivity index (χ3v) is 3.61. The molecule has 1 atom stereocenters. The highest BCUT2D eigenvalue weighted by molar-refractivity contribution is 5.94. The summed E-state index contributed by atoms with van der Waals surface area (Å²) in [5, 5.41) is 0. The van der Waals surface area contributed by atoms with Gasteiger partial charge in [-0.1, -0.05) is 32.1 Å². The van der Waals surface area contributed by atoms with E-state index in [4.69, 9.17) is 0 Å². The maximum Gasteiger partial charge on any atom is 0.158 e. The van der Waals surface area contributed by atoms with Crippen molar-refractivity contribution in [3.63, 3.8) is 0 Å². The highest BCUT2D eigenvalue weighted by Crippen LogP contribution is 2.42. The normalized spacial score (nSPS) is 24.5. The minimum Gasteiger partial charge on any atom is -0.295 e. The first-order valence-corrected chi connectivity index (χ1v) is 5.70. The Morgan fingerprint density at radius 1 is 1.60 bits per heavy atom. The Labute approximate surface area is 93.3 Å². The highest BCUT2D eigenvalue weighted by Gasteiger charge is 2.33. The van der Waals surface area contributed by atoms with Gasteiger partial charge < -0.3 is 0 Å². The Kier molecular flexibility index (Phi) is 3.54. The first kappa shape index (κ1) is 12.2. The topological polar surface area (TPSA) is 17.1 Å². The Morgan fingerprint density at radius 3 is 2.67 bits per heavy atom. The smallest absolute Gasteiger partial charge is 0.158 e. The van der Waals surface area contributed by atoms with Gasteiger partial charge in [-0.25, -0.2) is 0 Å². The number of hydrogen-bond acceptors (Lipinski definition) is 1. The van der Waals surface area contributed by atoms with Crippen LogP contribution in [0.25, 0.3) is 0 Å². The Balaban J connectivity index is 2.81. The summed E-state index contributed by atoms with van der Waals surface area (Å²) in [6, 6.07) is 0. The summed E-state index contributed by atoms with van der Waals surface area (Å²) in [7, 11) is 0. The zero-order valence-corrected chi connectivity index (χ0v) is 10.4. The molecule has 0 aromatic carbocycles. The van der Waals surface area contributed by atoms with Crippen molar-refractivity contribution in [1.82, 2.24) is 0 Å². The predicted octanol–water partition coefficient (Wildman–Crippen LogP) is 3.90. The zero-order chi connectivity index (χ0) is 11.6. The molecule has 0 bridgehead atoms. The average Bonchev–Trinajstić information content (AvgIpc) is 2.10. The zero-order valence-electron chi connectivity index (χ0n) is 10.4. The molecule has 0 radical (unpaired) electrons. The molecule has 0 aromatic rings. The fourth-order valence-electron chi connectivity index (χ4n) is 2.40. The van der Waals surface area contributed by atoms with Gasteiger partial charge in [-0.05, 0) is 43.6 Å². The third-order valence-electron chi connectivity index (χ3n) is 3.61. The van der Waals surface area contributed by atoms with Gasteiger partial charge in [-0.2, -0.15) is 0 Å². The molecule has 1 rings (SSSR count). The minimum absolute atomic E-state index is 0.211. The number of hydrogen-bond donors (Lipinski definition) is 0. The van der Waals surface area contributed by atoms with Crippen molar-refractivity contribution in [3.05, 3.63) is 23.8 Å². The second kappa shape index (κ2) is 4.34. The van der Waals surface area contributed by atoms with E-state index >= 15 is 0 Å². The van der Waals surface area contributed by atoms with Gasteiger partial charge in [0.05, 0.1) is 0 Å². The van der Waals surface area contributed by atoms with Gasteiger partial charge in [0, 0.05) is 6.42 Å². The van der Waals surface area contributed by atoms with Crippen LogP contribution >= 0.6 is 0 Å². The van der Waals surface area contributed by atoms with Crippen molar-refractivity contribution in [1.29, 1.82) is 0 Å². The SMILES string of the molecule is C=C(C)C(=O)CC1C(C)=CCCC1(C)C. The lowest BCUT2D eigenvalue weighted by Gasteiger charge is -2.38. The molecule has 0 amide bonds. The maximum atomic E-state index is 11.7. The summed E-state index contributed by atoms with van der Waals surface area (Å²) in [5.41, 5.74) is 2.31. The number of rotatable bonds is 3. The van der Waals surface area contributed by atoms with Gasteiger partial charge in [0.25, 0.3) is 0 Å². The summed E-state index contributed by atoms with van der Waals surface area (Å²) >= 11 is 0. The van der Waals surface area contributed by atoms with Crippen molar-refractivity contribution in [2.75, 3.05) is 0 Å². The molecule has 0 saturated carbocycles. The van der Waals surface area contributed by atoms with Crippen LogP contribution in [0.4, 0.5) is 0 Å². The standard InChI is InChI=1S/C14H22O/c1-10(2)13(15)9-12-11(3)7-6-8-14(12,4)5/h7,12H,1,6,8-9H2,2-5H3. The van der Waals surface area contributed by atoms with Crippen LogP contribution in [0.2, 0.25) is 0 Å². The van der Waals surface area contributed by atoms with Crippen molar-refractivity contribution < 1.29 is 4.79 Å². The maximum absolute atomic E-state index is 11.7. The van der Waals surface area contributed by atoms with Crippen molar-refractivity contribution in [3.8, 4) is 0 Å². The van der Waals surface area contributed by atoms with Gasteiger partial charge in [0.2, 0.25) is 0 Å². The van der Waals surface area contributed by atoms with Crippen LogP contribution in [0.1, 0.15) is 47.0 Å². The lowest BCUT2D eigenvalue weighted by molar-refractivity contribution is -0.117. The molecule has 0 N–H and O–H groups in total. The second-order valence-electron chi connectivity index (χ2n) is 5.44. The van der Waals surface area contributed by atoms with Crippen molar-refractivity contribution >= 4 is 5.78 Å². The van der Waals surface area contributed by atoms with Crippen LogP contribution < -0.4 is 0 Å². The molecule has 0 aliphatic heterocycles. The molecule has 0 aromatic heterocycles. The summed E-state index contributed by atoms with van der Waals surface area (Å²) < 4.78 is 0. The number of allylic oxidation sites excluding steroid dienone is 3. The van der Waals surface area contributed by atoms with E-state index in [0.29, 0.717) is 17.9 Å². The molecule has 0 spiro atoms. The minimum atomic E-state index is 0.211. The first-order chi connectivity index (χ1) is 6.84. The van der Waals surface area contributed by atoms with Crippen LogP contribution in [-0.4, -0.2) is 5.78 Å². The van der Waals surface area contributed by atoms with E-state index < -0.39 is 0 Å². The van der Waals surface area contributed by atoms with E-state index in [0.717, 1.165) is 6.42 Å². The van der Waals surface area contributed by atoms with E-state index in [2.05, 4.69) is 33.4 Å². The van der Waals surface area contributed by atoms with E-state index in [-0.39, 0.29) is 11.2 Å². The van der Waals surface area contributed by atoms with Gasteiger partial charge in [0.15, 0.2) is 5.78 Å². The molecular weight excluding hydrogens is 184 g/mol. The molecule has 0 heterocycles. The van der Waals surface area contributed by atoms with Gasteiger partial charge in [-0.3, -0.25) is 4.79 Å². The monoisotopic (exact) mass is 206 g/mol. The Hall–Kier alpha value is -0.850. The molecule has 15 heavy (non-hydrogen) atoms. The van der Waals surface area contributed by atoms with E-state index in [9.17, 15) is 4.79 Å². The Morgan fingerprint density at radius 2 is 2.20 bits per heavy atom. The molecule has 1 unspecified atom stereocenters. The summed E-state index contributed by atoms with van der Waals surface area (Å²) in [6.45, 7) is 12.2. The molecule has 84 valence electrons.